The number of carboxylic acids is 1. The van der Waals surface area contributed by atoms with Gasteiger partial charge in [-0.1, -0.05) is 47.5 Å². The summed E-state index contributed by atoms with van der Waals surface area (Å²) in [5.41, 5.74) is 2.99. The molecule has 1 aromatic heterocycles. The number of nitrogens with zero attached hydrogens (tertiary/aromatic N) is 2. The number of ether oxygens (including phenoxy) is 1. The van der Waals surface area contributed by atoms with Gasteiger partial charge in [-0.3, -0.25) is 0 Å². The molecule has 0 aliphatic heterocycles. The van der Waals surface area contributed by atoms with E-state index in [9.17, 15) is 10.1 Å². The Morgan fingerprint density at radius 2 is 1.81 bits per heavy atom. The molecule has 0 aliphatic rings. The van der Waals surface area contributed by atoms with Crippen molar-refractivity contribution < 1.29 is 19.1 Å². The van der Waals surface area contributed by atoms with Gasteiger partial charge in [0.05, 0.1) is 15.6 Å². The largest absolute Gasteiger partial charge is 0.486 e. The summed E-state index contributed by atoms with van der Waals surface area (Å²) < 4.78 is 11.4. The van der Waals surface area contributed by atoms with Gasteiger partial charge in [0.25, 0.3) is 0 Å². The third-order valence-corrected chi connectivity index (χ3v) is 5.12. The molecule has 0 radical (unpaired) electrons. The van der Waals surface area contributed by atoms with Crippen molar-refractivity contribution in [2.75, 3.05) is 0 Å². The number of halogens is 2. The van der Waals surface area contributed by atoms with Crippen LogP contribution in [-0.2, 0) is 6.61 Å². The maximum Gasteiger partial charge on any atom is 0.335 e. The zero-order valence-electron chi connectivity index (χ0n) is 16.4. The summed E-state index contributed by atoms with van der Waals surface area (Å²) >= 11 is 12.7. The SMILES string of the molecule is N#C/C(=C\c1cc(Cl)c(OCc2ccc(C(=O)O)cc2)c(Cl)c1)c1nc2ccccc2o1. The highest BCUT2D eigenvalue weighted by atomic mass is 35.5. The van der Waals surface area contributed by atoms with E-state index in [0.717, 1.165) is 5.56 Å². The van der Waals surface area contributed by atoms with Gasteiger partial charge < -0.3 is 14.3 Å². The van der Waals surface area contributed by atoms with Crippen LogP contribution in [0.5, 0.6) is 5.75 Å². The maximum atomic E-state index is 10.9. The minimum absolute atomic E-state index is 0.154. The van der Waals surface area contributed by atoms with Crippen LogP contribution in [0.25, 0.3) is 22.7 Å². The van der Waals surface area contributed by atoms with Gasteiger partial charge in [-0.15, -0.1) is 0 Å². The minimum Gasteiger partial charge on any atom is -0.486 e. The number of nitriles is 1. The van der Waals surface area contributed by atoms with E-state index in [-0.39, 0.29) is 39.4 Å². The molecule has 1 N–H and O–H groups in total. The lowest BCUT2D eigenvalue weighted by molar-refractivity contribution is 0.0697. The van der Waals surface area contributed by atoms with Crippen LogP contribution in [0, 0.1) is 11.3 Å². The first-order valence-corrected chi connectivity index (χ1v) is 10.1. The standard InChI is InChI=1S/C24H14Cl2N2O4/c25-18-10-15(9-17(12-27)23-28-20-3-1-2-4-21(20)32-23)11-19(26)22(18)31-13-14-5-7-16(8-6-14)24(29)30/h1-11H,13H2,(H,29,30)/b17-9+. The first-order chi connectivity index (χ1) is 15.4. The molecule has 0 unspecified atom stereocenters. The minimum atomic E-state index is -0.998. The van der Waals surface area contributed by atoms with Crippen molar-refractivity contribution in [2.24, 2.45) is 0 Å². The summed E-state index contributed by atoms with van der Waals surface area (Å²) in [6.45, 7) is 0.154. The van der Waals surface area contributed by atoms with Crippen molar-refractivity contribution in [3.8, 4) is 11.8 Å². The molecule has 158 valence electrons. The number of allylic oxidation sites excluding steroid dienone is 1. The number of para-hydroxylation sites is 2. The number of hydrogen-bond acceptors (Lipinski definition) is 5. The molecule has 1 heterocycles. The molecule has 0 atom stereocenters. The van der Waals surface area contributed by atoms with E-state index < -0.39 is 5.97 Å². The lowest BCUT2D eigenvalue weighted by atomic mass is 10.1. The molecule has 4 rings (SSSR count). The van der Waals surface area contributed by atoms with E-state index in [4.69, 9.17) is 37.5 Å². The predicted molar refractivity (Wildman–Crippen MR) is 122 cm³/mol. The van der Waals surface area contributed by atoms with Crippen molar-refractivity contribution in [3.05, 3.63) is 93.3 Å². The molecule has 0 amide bonds. The van der Waals surface area contributed by atoms with Crippen LogP contribution in [-0.4, -0.2) is 16.1 Å². The number of oxazole rings is 1. The molecule has 0 spiro atoms. The normalized spacial score (nSPS) is 11.3. The molecule has 6 nitrogen and oxygen atoms in total. The molecule has 8 heteroatoms. The quantitative estimate of drug-likeness (QED) is 0.328. The number of carbonyl (C=O) groups is 1. The second-order valence-electron chi connectivity index (χ2n) is 6.76. The van der Waals surface area contributed by atoms with E-state index in [1.165, 1.54) is 12.1 Å². The first kappa shape index (κ1) is 21.4. The van der Waals surface area contributed by atoms with E-state index in [1.807, 2.05) is 12.1 Å². The van der Waals surface area contributed by atoms with Crippen LogP contribution in [0.4, 0.5) is 0 Å². The zero-order chi connectivity index (χ0) is 22.7. The number of rotatable bonds is 6. The van der Waals surface area contributed by atoms with Gasteiger partial charge in [0.2, 0.25) is 5.89 Å². The average molecular weight is 465 g/mol. The monoisotopic (exact) mass is 464 g/mol. The molecule has 0 fully saturated rings. The Morgan fingerprint density at radius 3 is 2.44 bits per heavy atom. The summed E-state index contributed by atoms with van der Waals surface area (Å²) in [7, 11) is 0. The van der Waals surface area contributed by atoms with Crippen molar-refractivity contribution >= 4 is 51.9 Å². The lowest BCUT2D eigenvalue weighted by Crippen LogP contribution is -1.99. The van der Waals surface area contributed by atoms with Gasteiger partial charge in [0, 0.05) is 0 Å². The molecule has 0 saturated heterocycles. The highest BCUT2D eigenvalue weighted by Gasteiger charge is 2.14. The van der Waals surface area contributed by atoms with E-state index in [0.29, 0.717) is 16.7 Å². The third kappa shape index (κ3) is 4.59. The number of aromatic nitrogens is 1. The van der Waals surface area contributed by atoms with Gasteiger partial charge in [-0.05, 0) is 53.6 Å². The Bertz CT molecular complexity index is 1330. The van der Waals surface area contributed by atoms with Crippen molar-refractivity contribution in [1.82, 2.24) is 4.98 Å². The summed E-state index contributed by atoms with van der Waals surface area (Å²) in [4.78, 5) is 15.3. The van der Waals surface area contributed by atoms with Crippen LogP contribution in [0.1, 0.15) is 27.4 Å². The maximum absolute atomic E-state index is 10.9. The Labute approximate surface area is 192 Å². The molecule has 0 bridgehead atoms. The van der Waals surface area contributed by atoms with Gasteiger partial charge in [-0.2, -0.15) is 5.26 Å². The summed E-state index contributed by atoms with van der Waals surface area (Å²) in [6, 6.07) is 18.9. The van der Waals surface area contributed by atoms with Gasteiger partial charge in [0.15, 0.2) is 11.3 Å². The summed E-state index contributed by atoms with van der Waals surface area (Å²) in [5, 5.41) is 19.1. The van der Waals surface area contributed by atoms with Crippen LogP contribution in [0.15, 0.2) is 65.1 Å². The summed E-state index contributed by atoms with van der Waals surface area (Å²) in [6.07, 6.45) is 1.58. The Kier molecular flexibility index (Phi) is 6.13. The highest BCUT2D eigenvalue weighted by Crippen LogP contribution is 2.36. The summed E-state index contributed by atoms with van der Waals surface area (Å²) in [5.74, 6) is -0.513. The smallest absolute Gasteiger partial charge is 0.335 e. The van der Waals surface area contributed by atoms with Crippen molar-refractivity contribution in [2.45, 2.75) is 6.61 Å². The predicted octanol–water partition coefficient (Wildman–Crippen LogP) is 6.48. The topological polar surface area (TPSA) is 96.3 Å². The van der Waals surface area contributed by atoms with E-state index >= 15 is 0 Å². The van der Waals surface area contributed by atoms with Crippen LogP contribution in [0.3, 0.4) is 0 Å². The molecule has 3 aromatic carbocycles. The van der Waals surface area contributed by atoms with Gasteiger partial charge in [-0.25, -0.2) is 9.78 Å². The fourth-order valence-corrected chi connectivity index (χ4v) is 3.61. The van der Waals surface area contributed by atoms with Crippen LogP contribution >= 0.6 is 23.2 Å². The lowest BCUT2D eigenvalue weighted by Gasteiger charge is -2.11. The van der Waals surface area contributed by atoms with Gasteiger partial charge in [0.1, 0.15) is 23.8 Å². The Morgan fingerprint density at radius 1 is 1.12 bits per heavy atom. The first-order valence-electron chi connectivity index (χ1n) is 9.36. The molecule has 0 saturated carbocycles. The number of carboxylic acid groups (broad SMARTS) is 1. The van der Waals surface area contributed by atoms with Gasteiger partial charge >= 0.3 is 5.97 Å². The second kappa shape index (κ2) is 9.15. The number of aromatic carboxylic acids is 1. The third-order valence-electron chi connectivity index (χ3n) is 4.56. The fourth-order valence-electron chi connectivity index (χ4n) is 3.00. The fraction of sp³-hybridized carbons (Fsp3) is 0.0417. The Hall–Kier alpha value is -3.79. The Balaban J connectivity index is 1.56. The average Bonchev–Trinajstić information content (AvgIpc) is 3.21. The number of benzene rings is 3. The van der Waals surface area contributed by atoms with Crippen molar-refractivity contribution in [1.29, 1.82) is 5.26 Å². The number of fused-ring (bicyclic) bond motifs is 1. The molecular weight excluding hydrogens is 451 g/mol. The molecular formula is C24H14Cl2N2O4. The second-order valence-corrected chi connectivity index (χ2v) is 7.58. The van der Waals surface area contributed by atoms with E-state index in [1.54, 1.807) is 42.5 Å². The molecule has 4 aromatic rings. The van der Waals surface area contributed by atoms with Crippen LogP contribution < -0.4 is 4.74 Å². The number of hydrogen-bond donors (Lipinski definition) is 1. The molecule has 0 aliphatic carbocycles. The van der Waals surface area contributed by atoms with Crippen LogP contribution in [0.2, 0.25) is 10.0 Å². The van der Waals surface area contributed by atoms with E-state index in [2.05, 4.69) is 11.1 Å². The molecule has 32 heavy (non-hydrogen) atoms. The highest BCUT2D eigenvalue weighted by molar-refractivity contribution is 6.37. The zero-order valence-corrected chi connectivity index (χ0v) is 17.9. The van der Waals surface area contributed by atoms with Crippen molar-refractivity contribution in [3.63, 3.8) is 0 Å².